The summed E-state index contributed by atoms with van der Waals surface area (Å²) in [6.07, 6.45) is -1.15. The molecule has 8 nitrogen and oxygen atoms in total. The summed E-state index contributed by atoms with van der Waals surface area (Å²) in [5, 5.41) is 20.8. The van der Waals surface area contributed by atoms with Gasteiger partial charge in [0, 0.05) is 38.3 Å². The number of hydrogen-bond donors (Lipinski definition) is 4. The molecule has 1 fully saturated rings. The summed E-state index contributed by atoms with van der Waals surface area (Å²) in [6, 6.07) is 14.2. The number of aliphatic hydroxyl groups excluding tert-OH is 1. The van der Waals surface area contributed by atoms with Gasteiger partial charge in [0.05, 0.1) is 6.10 Å². The van der Waals surface area contributed by atoms with Crippen molar-refractivity contribution in [3.05, 3.63) is 59.7 Å². The van der Waals surface area contributed by atoms with Gasteiger partial charge in [0.15, 0.2) is 0 Å². The Hall–Kier alpha value is -2.78. The molecule has 0 aliphatic carbocycles. The molecule has 8 heteroatoms. The van der Waals surface area contributed by atoms with Crippen molar-refractivity contribution >= 4 is 11.8 Å². The van der Waals surface area contributed by atoms with E-state index in [0.29, 0.717) is 5.56 Å². The fraction of sp³-hybridized carbons (Fsp3) is 0.391. The van der Waals surface area contributed by atoms with Crippen molar-refractivity contribution in [1.82, 2.24) is 20.6 Å². The third-order valence-electron chi connectivity index (χ3n) is 5.60. The van der Waals surface area contributed by atoms with Crippen molar-refractivity contribution in [2.24, 2.45) is 0 Å². The largest absolute Gasteiger partial charge is 0.391 e. The number of piperazine rings is 1. The second-order valence-corrected chi connectivity index (χ2v) is 8.02. The van der Waals surface area contributed by atoms with E-state index in [0.717, 1.165) is 43.9 Å². The highest BCUT2D eigenvalue weighted by atomic mass is 16.5. The van der Waals surface area contributed by atoms with Gasteiger partial charge >= 0.3 is 0 Å². The quantitative estimate of drug-likeness (QED) is 0.390. The third kappa shape index (κ3) is 6.11. The molecule has 0 radical (unpaired) electrons. The fourth-order valence-corrected chi connectivity index (χ4v) is 3.58. The van der Waals surface area contributed by atoms with E-state index in [-0.39, 0.29) is 0 Å². The first-order chi connectivity index (χ1) is 14.9. The summed E-state index contributed by atoms with van der Waals surface area (Å²) < 4.78 is 0. The van der Waals surface area contributed by atoms with E-state index in [1.54, 1.807) is 12.1 Å². The van der Waals surface area contributed by atoms with Crippen molar-refractivity contribution in [2.75, 3.05) is 33.2 Å². The van der Waals surface area contributed by atoms with Gasteiger partial charge in [-0.1, -0.05) is 36.4 Å². The number of hydrogen-bond acceptors (Lipinski definition) is 6. The Balaban J connectivity index is 1.61. The molecule has 2 aromatic rings. The number of nitrogens with zero attached hydrogens (tertiary/aromatic N) is 2. The first kappa shape index (κ1) is 22.9. The highest BCUT2D eigenvalue weighted by Crippen LogP contribution is 2.21. The second-order valence-electron chi connectivity index (χ2n) is 8.02. The molecule has 0 saturated carbocycles. The molecule has 0 spiro atoms. The summed E-state index contributed by atoms with van der Waals surface area (Å²) in [4.78, 5) is 28.8. The van der Waals surface area contributed by atoms with Crippen LogP contribution in [0.2, 0.25) is 0 Å². The van der Waals surface area contributed by atoms with Gasteiger partial charge in [0.2, 0.25) is 0 Å². The number of nitrogens with one attached hydrogen (secondary N) is 2. The van der Waals surface area contributed by atoms with E-state index in [1.807, 2.05) is 12.1 Å². The Morgan fingerprint density at radius 3 is 2.03 bits per heavy atom. The predicted octanol–water partition coefficient (Wildman–Crippen LogP) is 1.09. The summed E-state index contributed by atoms with van der Waals surface area (Å²) in [6.45, 7) is 6.66. The van der Waals surface area contributed by atoms with Gasteiger partial charge in [0.1, 0.15) is 6.04 Å². The zero-order chi connectivity index (χ0) is 22.4. The lowest BCUT2D eigenvalue weighted by Crippen LogP contribution is -2.51. The van der Waals surface area contributed by atoms with Gasteiger partial charge in [-0.05, 0) is 42.8 Å². The predicted molar refractivity (Wildman–Crippen MR) is 118 cm³/mol. The first-order valence-corrected chi connectivity index (χ1v) is 10.4. The Labute approximate surface area is 182 Å². The molecule has 31 heavy (non-hydrogen) atoms. The number of rotatable bonds is 7. The minimum atomic E-state index is -1.25. The van der Waals surface area contributed by atoms with Crippen LogP contribution in [-0.2, 0) is 11.3 Å². The summed E-state index contributed by atoms with van der Waals surface area (Å²) in [5.41, 5.74) is 5.10. The van der Waals surface area contributed by atoms with Gasteiger partial charge in [-0.3, -0.25) is 19.7 Å². The Bertz CT molecular complexity index is 875. The van der Waals surface area contributed by atoms with Crippen LogP contribution in [0.5, 0.6) is 0 Å². The maximum atomic E-state index is 12.4. The summed E-state index contributed by atoms with van der Waals surface area (Å²) in [7, 11) is 2.15. The van der Waals surface area contributed by atoms with Crippen LogP contribution >= 0.6 is 0 Å². The van der Waals surface area contributed by atoms with Gasteiger partial charge in [-0.15, -0.1) is 0 Å². The van der Waals surface area contributed by atoms with E-state index in [1.165, 1.54) is 18.0 Å². The van der Waals surface area contributed by atoms with Crippen molar-refractivity contribution in [3.8, 4) is 11.1 Å². The molecule has 1 saturated heterocycles. The van der Waals surface area contributed by atoms with Crippen LogP contribution in [0.25, 0.3) is 11.1 Å². The van der Waals surface area contributed by atoms with E-state index >= 15 is 0 Å². The lowest BCUT2D eigenvalue weighted by Gasteiger charge is -2.32. The number of amides is 2. The maximum Gasteiger partial charge on any atom is 0.268 e. The Morgan fingerprint density at radius 2 is 1.52 bits per heavy atom. The van der Waals surface area contributed by atoms with E-state index in [9.17, 15) is 14.7 Å². The van der Waals surface area contributed by atoms with Crippen molar-refractivity contribution < 1.29 is 19.9 Å². The van der Waals surface area contributed by atoms with Crippen LogP contribution in [0.4, 0.5) is 0 Å². The monoisotopic (exact) mass is 426 g/mol. The van der Waals surface area contributed by atoms with Crippen molar-refractivity contribution in [2.45, 2.75) is 25.6 Å². The van der Waals surface area contributed by atoms with Crippen LogP contribution in [0, 0.1) is 0 Å². The molecule has 2 aromatic carbocycles. The van der Waals surface area contributed by atoms with E-state index in [4.69, 9.17) is 5.21 Å². The van der Waals surface area contributed by atoms with Crippen LogP contribution in [0.3, 0.4) is 0 Å². The maximum absolute atomic E-state index is 12.4. The number of likely N-dealkylation sites (N-methyl/N-ethyl adjacent to an activating group) is 1. The highest BCUT2D eigenvalue weighted by Gasteiger charge is 2.25. The van der Waals surface area contributed by atoms with Gasteiger partial charge in [-0.2, -0.15) is 0 Å². The summed E-state index contributed by atoms with van der Waals surface area (Å²) in [5.74, 6) is -1.39. The SMILES string of the molecule is C[C@@H](O)[C@H](NC(=O)c1ccc(-c2ccc(CN3CCN(C)CC3)cc2)cc1)C(=O)NO. The van der Waals surface area contributed by atoms with E-state index < -0.39 is 24.0 Å². The molecular weight excluding hydrogens is 396 g/mol. The molecule has 2 amide bonds. The average Bonchev–Trinajstić information content (AvgIpc) is 2.79. The van der Waals surface area contributed by atoms with Crippen LogP contribution in [-0.4, -0.2) is 77.3 Å². The topological polar surface area (TPSA) is 105 Å². The Kier molecular flexibility index (Phi) is 7.75. The first-order valence-electron chi connectivity index (χ1n) is 10.4. The molecule has 0 bridgehead atoms. The Morgan fingerprint density at radius 1 is 0.968 bits per heavy atom. The zero-order valence-electron chi connectivity index (χ0n) is 17.9. The number of aliphatic hydroxyl groups is 1. The molecule has 1 aliphatic rings. The minimum absolute atomic E-state index is 0.354. The molecule has 1 heterocycles. The number of benzene rings is 2. The molecule has 4 N–H and O–H groups in total. The van der Waals surface area contributed by atoms with Crippen LogP contribution < -0.4 is 10.8 Å². The molecule has 0 aromatic heterocycles. The number of carbonyl (C=O) groups excluding carboxylic acids is 2. The summed E-state index contributed by atoms with van der Waals surface area (Å²) >= 11 is 0. The van der Waals surface area contributed by atoms with E-state index in [2.05, 4.69) is 46.4 Å². The van der Waals surface area contributed by atoms with Crippen LogP contribution in [0.1, 0.15) is 22.8 Å². The lowest BCUT2D eigenvalue weighted by atomic mass is 10.0. The van der Waals surface area contributed by atoms with Gasteiger partial charge in [0.25, 0.3) is 11.8 Å². The average molecular weight is 427 g/mol. The molecule has 3 rings (SSSR count). The number of hydroxylamine groups is 1. The standard InChI is InChI=1S/C23H30N4O4/c1-16(28)21(23(30)25-31)24-22(29)20-9-7-19(8-10-20)18-5-3-17(4-6-18)15-27-13-11-26(2)12-14-27/h3-10,16,21,28,31H,11-15H2,1-2H3,(H,24,29)(H,25,30)/t16-,21+/m1/s1. The van der Waals surface area contributed by atoms with Gasteiger partial charge in [-0.25, -0.2) is 5.48 Å². The smallest absolute Gasteiger partial charge is 0.268 e. The normalized spacial score (nSPS) is 17.0. The third-order valence-corrected chi connectivity index (χ3v) is 5.60. The van der Waals surface area contributed by atoms with Crippen LogP contribution in [0.15, 0.2) is 48.5 Å². The lowest BCUT2D eigenvalue weighted by molar-refractivity contribution is -0.133. The van der Waals surface area contributed by atoms with Crippen molar-refractivity contribution in [3.63, 3.8) is 0 Å². The molecule has 0 unspecified atom stereocenters. The molecular formula is C23H30N4O4. The number of carbonyl (C=O) groups is 2. The highest BCUT2D eigenvalue weighted by molar-refractivity contribution is 5.97. The molecule has 1 aliphatic heterocycles. The molecule has 166 valence electrons. The second kappa shape index (κ2) is 10.5. The van der Waals surface area contributed by atoms with Gasteiger partial charge < -0.3 is 15.3 Å². The molecule has 2 atom stereocenters. The zero-order valence-corrected chi connectivity index (χ0v) is 17.9. The fourth-order valence-electron chi connectivity index (χ4n) is 3.58. The minimum Gasteiger partial charge on any atom is -0.391 e. The van der Waals surface area contributed by atoms with Crippen molar-refractivity contribution in [1.29, 1.82) is 0 Å².